The Morgan fingerprint density at radius 2 is 1.97 bits per heavy atom. The minimum atomic E-state index is 0.0798. The number of nitrogens with zero attached hydrogens (tertiary/aromatic N) is 3. The standard InChI is InChI=1S/C24H21BrN3OS3/c1-3-28-21(14-20-27(11-12-30-20)15-16-7-5-4-6-8-16)32-22(23(28)29)24-26(2)18-10-9-17(25)13-19(18)31-24/h4-14H,3,15H2,1-2H3/q+1/b24-22+. The molecule has 0 N–H and O–H groups in total. The monoisotopic (exact) mass is 542 g/mol. The van der Waals surface area contributed by atoms with E-state index in [1.165, 1.54) is 5.56 Å². The molecule has 0 saturated carbocycles. The van der Waals surface area contributed by atoms with E-state index in [2.05, 4.69) is 79.4 Å². The molecule has 0 spiro atoms. The molecule has 162 valence electrons. The van der Waals surface area contributed by atoms with E-state index in [-0.39, 0.29) is 5.56 Å². The first-order chi connectivity index (χ1) is 15.5. The van der Waals surface area contributed by atoms with E-state index in [0.717, 1.165) is 40.8 Å². The normalized spacial score (nSPS) is 15.5. The Kier molecular flexibility index (Phi) is 6.11. The van der Waals surface area contributed by atoms with E-state index in [1.807, 2.05) is 30.7 Å². The van der Waals surface area contributed by atoms with Crippen LogP contribution >= 0.6 is 50.4 Å². The molecule has 2 aromatic carbocycles. The van der Waals surface area contributed by atoms with Crippen LogP contribution in [0.5, 0.6) is 0 Å². The van der Waals surface area contributed by atoms with Crippen LogP contribution in [0.15, 0.2) is 74.3 Å². The van der Waals surface area contributed by atoms with Gasteiger partial charge in [-0.2, -0.15) is 4.57 Å². The molecule has 0 radical (unpaired) electrons. The lowest BCUT2D eigenvalue weighted by Crippen LogP contribution is -2.36. The number of hydrogen-bond donors (Lipinski definition) is 0. The van der Waals surface area contributed by atoms with Crippen LogP contribution in [-0.2, 0) is 13.1 Å². The summed E-state index contributed by atoms with van der Waals surface area (Å²) in [5, 5.41) is 4.23. The minimum absolute atomic E-state index is 0.0798. The molecule has 4 nitrogen and oxygen atoms in total. The molecule has 0 fully saturated rings. The summed E-state index contributed by atoms with van der Waals surface area (Å²) in [6.45, 7) is 3.49. The molecule has 0 atom stereocenters. The molecule has 32 heavy (non-hydrogen) atoms. The Balaban J connectivity index is 1.61. The van der Waals surface area contributed by atoms with Crippen molar-refractivity contribution in [2.24, 2.45) is 0 Å². The van der Waals surface area contributed by atoms with Crippen molar-refractivity contribution in [2.75, 3.05) is 11.9 Å². The van der Waals surface area contributed by atoms with Gasteiger partial charge < -0.3 is 4.90 Å². The summed E-state index contributed by atoms with van der Waals surface area (Å²) >= 11 is 8.49. The quantitative estimate of drug-likeness (QED) is 0.361. The van der Waals surface area contributed by atoms with Gasteiger partial charge in [0.15, 0.2) is 12.7 Å². The first-order valence-corrected chi connectivity index (χ1v) is 13.5. The second-order valence-corrected chi connectivity index (χ2v) is 11.3. The van der Waals surface area contributed by atoms with E-state index in [1.54, 1.807) is 34.4 Å². The van der Waals surface area contributed by atoms with E-state index in [4.69, 9.17) is 0 Å². The summed E-state index contributed by atoms with van der Waals surface area (Å²) in [4.78, 5) is 16.6. The van der Waals surface area contributed by atoms with Gasteiger partial charge in [-0.25, -0.2) is 0 Å². The van der Waals surface area contributed by atoms with Crippen LogP contribution < -0.4 is 24.2 Å². The van der Waals surface area contributed by atoms with Crippen molar-refractivity contribution in [3.63, 3.8) is 0 Å². The van der Waals surface area contributed by atoms with Crippen LogP contribution in [0.1, 0.15) is 17.5 Å². The fraction of sp³-hybridized carbons (Fsp3) is 0.167. The molecule has 1 aliphatic rings. The Hall–Kier alpha value is -2.13. The van der Waals surface area contributed by atoms with Gasteiger partial charge in [-0.1, -0.05) is 69.4 Å². The molecule has 8 heteroatoms. The lowest BCUT2D eigenvalue weighted by Gasteiger charge is -2.12. The number of halogens is 1. The molecule has 0 unspecified atom stereocenters. The average Bonchev–Trinajstić information content (AvgIpc) is 3.45. The molecule has 4 aromatic rings. The summed E-state index contributed by atoms with van der Waals surface area (Å²) in [6.07, 6.45) is 4.26. The molecule has 0 amide bonds. The van der Waals surface area contributed by atoms with Crippen molar-refractivity contribution in [2.45, 2.75) is 24.9 Å². The maximum atomic E-state index is 13.4. The molecule has 2 aromatic heterocycles. The molecule has 5 rings (SSSR count). The van der Waals surface area contributed by atoms with Gasteiger partial charge in [-0.15, -0.1) is 11.3 Å². The Labute approximate surface area is 206 Å². The van der Waals surface area contributed by atoms with Crippen molar-refractivity contribution in [3.8, 4) is 0 Å². The topological polar surface area (TPSA) is 29.1 Å². The van der Waals surface area contributed by atoms with Crippen molar-refractivity contribution in [1.29, 1.82) is 0 Å². The number of rotatable bonds is 4. The fourth-order valence-corrected chi connectivity index (χ4v) is 7.61. The highest BCUT2D eigenvalue weighted by Gasteiger charge is 2.25. The van der Waals surface area contributed by atoms with Crippen LogP contribution in [0.2, 0.25) is 0 Å². The molecular weight excluding hydrogens is 522 g/mol. The zero-order valence-corrected chi connectivity index (χ0v) is 21.7. The van der Waals surface area contributed by atoms with Crippen molar-refractivity contribution in [3.05, 3.63) is 94.7 Å². The summed E-state index contributed by atoms with van der Waals surface area (Å²) in [5.74, 6) is 0. The van der Waals surface area contributed by atoms with Crippen LogP contribution in [0, 0.1) is 0 Å². The molecule has 1 aliphatic heterocycles. The summed E-state index contributed by atoms with van der Waals surface area (Å²) < 4.78 is 6.94. The second kappa shape index (κ2) is 9.02. The average molecular weight is 544 g/mol. The predicted molar refractivity (Wildman–Crippen MR) is 139 cm³/mol. The van der Waals surface area contributed by atoms with Crippen LogP contribution in [0.4, 0.5) is 5.69 Å². The third-order valence-corrected chi connectivity index (χ3v) is 9.18. The third-order valence-electron chi connectivity index (χ3n) is 5.37. The van der Waals surface area contributed by atoms with Crippen LogP contribution in [0.25, 0.3) is 11.1 Å². The molecule has 3 heterocycles. The number of thiazole rings is 2. The van der Waals surface area contributed by atoms with Gasteiger partial charge in [0.2, 0.25) is 0 Å². The zero-order valence-electron chi connectivity index (χ0n) is 17.6. The van der Waals surface area contributed by atoms with E-state index >= 15 is 0 Å². The Bertz CT molecular complexity index is 1470. The van der Waals surface area contributed by atoms with Gasteiger partial charge in [0, 0.05) is 28.5 Å². The van der Waals surface area contributed by atoms with Crippen molar-refractivity contribution >= 4 is 67.2 Å². The SMILES string of the molecule is CCn1c(=O)/c(=C2\Sc3cc(Br)ccc3N2C)s/c1=C\c1scc[n+]1Cc1ccccc1. The molecule has 0 bridgehead atoms. The van der Waals surface area contributed by atoms with Gasteiger partial charge in [-0.3, -0.25) is 9.36 Å². The molecular formula is C24H21BrN3OS3+. The highest BCUT2D eigenvalue weighted by molar-refractivity contribution is 9.10. The summed E-state index contributed by atoms with van der Waals surface area (Å²) in [7, 11) is 2.04. The van der Waals surface area contributed by atoms with E-state index < -0.39 is 0 Å². The van der Waals surface area contributed by atoms with Gasteiger partial charge in [0.1, 0.15) is 14.2 Å². The Morgan fingerprint density at radius 1 is 1.16 bits per heavy atom. The van der Waals surface area contributed by atoms with Crippen molar-refractivity contribution < 1.29 is 4.57 Å². The zero-order chi connectivity index (χ0) is 22.2. The summed E-state index contributed by atoms with van der Waals surface area (Å²) in [5.41, 5.74) is 2.47. The van der Waals surface area contributed by atoms with Gasteiger partial charge >= 0.3 is 0 Å². The molecule has 0 aliphatic carbocycles. The van der Waals surface area contributed by atoms with E-state index in [0.29, 0.717) is 6.54 Å². The van der Waals surface area contributed by atoms with Gasteiger partial charge in [0.25, 0.3) is 10.6 Å². The minimum Gasteiger partial charge on any atom is -0.337 e. The number of anilines is 1. The number of thioether (sulfide) groups is 1. The second-order valence-electron chi connectivity index (χ2n) is 7.40. The number of hydrogen-bond acceptors (Lipinski definition) is 5. The molecule has 0 saturated heterocycles. The van der Waals surface area contributed by atoms with Crippen LogP contribution in [0.3, 0.4) is 0 Å². The van der Waals surface area contributed by atoms with Crippen LogP contribution in [-0.4, -0.2) is 11.6 Å². The largest absolute Gasteiger partial charge is 0.337 e. The fourth-order valence-electron chi connectivity index (χ4n) is 3.74. The van der Waals surface area contributed by atoms with Gasteiger partial charge in [-0.05, 0) is 25.1 Å². The highest BCUT2D eigenvalue weighted by atomic mass is 79.9. The maximum Gasteiger partial charge on any atom is 0.271 e. The third kappa shape index (κ3) is 4.01. The number of benzene rings is 2. The first kappa shape index (κ1) is 21.7. The Morgan fingerprint density at radius 3 is 2.75 bits per heavy atom. The number of aromatic nitrogens is 2. The van der Waals surface area contributed by atoms with E-state index in [9.17, 15) is 4.79 Å². The smallest absolute Gasteiger partial charge is 0.271 e. The first-order valence-electron chi connectivity index (χ1n) is 10.2. The summed E-state index contributed by atoms with van der Waals surface area (Å²) in [6, 6.07) is 16.7. The number of fused-ring (bicyclic) bond motifs is 1. The lowest BCUT2D eigenvalue weighted by atomic mass is 10.2. The van der Waals surface area contributed by atoms with Crippen molar-refractivity contribution in [1.82, 2.24) is 4.57 Å². The van der Waals surface area contributed by atoms with Gasteiger partial charge in [0.05, 0.1) is 17.1 Å². The lowest BCUT2D eigenvalue weighted by molar-refractivity contribution is -0.685. The predicted octanol–water partition coefficient (Wildman–Crippen LogP) is 4.23. The maximum absolute atomic E-state index is 13.4. The highest BCUT2D eigenvalue weighted by Crippen LogP contribution is 2.46.